The highest BCUT2D eigenvalue weighted by atomic mass is 35.5. The summed E-state index contributed by atoms with van der Waals surface area (Å²) >= 11 is 0. The lowest BCUT2D eigenvalue weighted by Gasteiger charge is -2.35. The zero-order valence-corrected chi connectivity index (χ0v) is 13.2. The molecule has 0 aromatic heterocycles. The van der Waals surface area contributed by atoms with E-state index in [4.69, 9.17) is 4.74 Å². The fraction of sp³-hybridized carbons (Fsp3) is 0.625. The van der Waals surface area contributed by atoms with Gasteiger partial charge in [0.05, 0.1) is 0 Å². The minimum atomic E-state index is -0.282. The van der Waals surface area contributed by atoms with Crippen LogP contribution in [0.25, 0.3) is 0 Å². The average Bonchev–Trinajstić information content (AvgIpc) is 2.79. The van der Waals surface area contributed by atoms with Crippen LogP contribution in [-0.4, -0.2) is 43.2 Å². The zero-order chi connectivity index (χ0) is 13.9. The summed E-state index contributed by atoms with van der Waals surface area (Å²) in [5, 5.41) is 3.66. The van der Waals surface area contributed by atoms with E-state index in [1.165, 1.54) is 31.7 Å². The highest BCUT2D eigenvalue weighted by Crippen LogP contribution is 2.29. The molecule has 3 nitrogen and oxygen atoms in total. The minimum Gasteiger partial charge on any atom is -0.489 e. The molecule has 0 saturated carbocycles. The van der Waals surface area contributed by atoms with Gasteiger partial charge in [0.15, 0.2) is 11.6 Å². The highest BCUT2D eigenvalue weighted by Gasteiger charge is 2.34. The molecule has 2 heterocycles. The van der Waals surface area contributed by atoms with E-state index >= 15 is 0 Å². The van der Waals surface area contributed by atoms with Crippen LogP contribution in [-0.2, 0) is 0 Å². The maximum absolute atomic E-state index is 13.4. The number of hydrogen-bond donors (Lipinski definition) is 1. The Morgan fingerprint density at radius 2 is 1.90 bits per heavy atom. The number of nitrogens with one attached hydrogen (secondary N) is 1. The van der Waals surface area contributed by atoms with Crippen molar-refractivity contribution in [3.05, 3.63) is 30.1 Å². The Balaban J connectivity index is 0.00000161. The molecule has 0 spiro atoms. The molecule has 2 fully saturated rings. The lowest BCUT2D eigenvalue weighted by molar-refractivity contribution is 0.145. The molecule has 2 saturated heterocycles. The van der Waals surface area contributed by atoms with E-state index in [9.17, 15) is 4.39 Å². The normalized spacial score (nSPS) is 27.5. The van der Waals surface area contributed by atoms with Crippen molar-refractivity contribution in [1.82, 2.24) is 10.2 Å². The van der Waals surface area contributed by atoms with Gasteiger partial charge >= 0.3 is 0 Å². The third-order valence-corrected chi connectivity index (χ3v) is 4.61. The first-order chi connectivity index (χ1) is 9.72. The van der Waals surface area contributed by atoms with Crippen LogP contribution >= 0.6 is 12.4 Å². The van der Waals surface area contributed by atoms with Gasteiger partial charge < -0.3 is 10.1 Å². The molecule has 0 aliphatic carbocycles. The number of ether oxygens (including phenoxy) is 1. The molecule has 5 heteroatoms. The van der Waals surface area contributed by atoms with E-state index in [2.05, 4.69) is 17.3 Å². The maximum Gasteiger partial charge on any atom is 0.165 e. The topological polar surface area (TPSA) is 24.5 Å². The summed E-state index contributed by atoms with van der Waals surface area (Å²) < 4.78 is 19.0. The first-order valence-electron chi connectivity index (χ1n) is 7.56. The van der Waals surface area contributed by atoms with Crippen LogP contribution in [0.4, 0.5) is 4.39 Å². The second-order valence-electron chi connectivity index (χ2n) is 6.02. The van der Waals surface area contributed by atoms with E-state index in [0.29, 0.717) is 30.5 Å². The van der Waals surface area contributed by atoms with Crippen LogP contribution in [0.2, 0.25) is 0 Å². The molecule has 118 valence electrons. The van der Waals surface area contributed by atoms with E-state index in [-0.39, 0.29) is 18.2 Å². The Labute approximate surface area is 132 Å². The van der Waals surface area contributed by atoms with Gasteiger partial charge in [-0.2, -0.15) is 0 Å². The molecule has 1 N–H and O–H groups in total. The zero-order valence-electron chi connectivity index (χ0n) is 12.4. The predicted molar refractivity (Wildman–Crippen MR) is 84.7 cm³/mol. The molecule has 1 aromatic rings. The number of benzene rings is 1. The lowest BCUT2D eigenvalue weighted by atomic mass is 9.99. The number of fused-ring (bicyclic) bond motifs is 2. The molecule has 2 atom stereocenters. The summed E-state index contributed by atoms with van der Waals surface area (Å²) in [5.74, 6) is 0.0707. The number of hydrogen-bond acceptors (Lipinski definition) is 3. The van der Waals surface area contributed by atoms with Crippen molar-refractivity contribution < 1.29 is 9.13 Å². The van der Waals surface area contributed by atoms with Crippen LogP contribution in [0.5, 0.6) is 5.75 Å². The summed E-state index contributed by atoms with van der Waals surface area (Å²) in [6.07, 6.45) is 5.10. The van der Waals surface area contributed by atoms with Gasteiger partial charge in [0.25, 0.3) is 0 Å². The van der Waals surface area contributed by atoms with Gasteiger partial charge in [0, 0.05) is 24.7 Å². The molecule has 2 aliphatic rings. The van der Waals surface area contributed by atoms with Crippen LogP contribution in [0.1, 0.15) is 25.7 Å². The van der Waals surface area contributed by atoms with Crippen LogP contribution in [0.3, 0.4) is 0 Å². The highest BCUT2D eigenvalue weighted by molar-refractivity contribution is 5.85. The van der Waals surface area contributed by atoms with Crippen LogP contribution in [0.15, 0.2) is 24.3 Å². The Hall–Kier alpha value is -0.840. The SMILES string of the molecule is CN(CCOc1ccccc1F)C1CC2CCC(C1)N2.Cl. The molecule has 0 radical (unpaired) electrons. The molecular formula is C16H24ClFN2O. The predicted octanol–water partition coefficient (Wildman–Crippen LogP) is 2.84. The van der Waals surface area contributed by atoms with Crippen LogP contribution < -0.4 is 10.1 Å². The van der Waals surface area contributed by atoms with Gasteiger partial charge in [-0.1, -0.05) is 12.1 Å². The van der Waals surface area contributed by atoms with Crippen molar-refractivity contribution in [1.29, 1.82) is 0 Å². The fourth-order valence-corrected chi connectivity index (χ4v) is 3.43. The fourth-order valence-electron chi connectivity index (χ4n) is 3.43. The Morgan fingerprint density at radius 3 is 2.57 bits per heavy atom. The van der Waals surface area contributed by atoms with Crippen LogP contribution in [0, 0.1) is 5.82 Å². The average molecular weight is 315 g/mol. The summed E-state index contributed by atoms with van der Waals surface area (Å²) in [7, 11) is 2.15. The van der Waals surface area contributed by atoms with Gasteiger partial charge in [-0.25, -0.2) is 4.39 Å². The van der Waals surface area contributed by atoms with E-state index < -0.39 is 0 Å². The summed E-state index contributed by atoms with van der Waals surface area (Å²) in [5.41, 5.74) is 0. The number of nitrogens with zero attached hydrogens (tertiary/aromatic N) is 1. The monoisotopic (exact) mass is 314 g/mol. The standard InChI is InChI=1S/C16H23FN2O.ClH/c1-19(14-10-12-6-7-13(11-14)18-12)8-9-20-16-5-3-2-4-15(16)17;/h2-5,12-14,18H,6-11H2,1H3;1H. The van der Waals surface area contributed by atoms with E-state index in [1.54, 1.807) is 18.2 Å². The number of rotatable bonds is 5. The van der Waals surface area contributed by atoms with Gasteiger partial charge in [0.1, 0.15) is 6.61 Å². The van der Waals surface area contributed by atoms with Gasteiger partial charge in [0.2, 0.25) is 0 Å². The number of piperidine rings is 1. The second-order valence-corrected chi connectivity index (χ2v) is 6.02. The molecule has 1 aromatic carbocycles. The second kappa shape index (κ2) is 7.43. The first kappa shape index (κ1) is 16.5. The van der Waals surface area contributed by atoms with Crippen molar-refractivity contribution in [2.75, 3.05) is 20.2 Å². The molecule has 2 unspecified atom stereocenters. The van der Waals surface area contributed by atoms with Gasteiger partial charge in [-0.05, 0) is 44.9 Å². The molecule has 2 bridgehead atoms. The van der Waals surface area contributed by atoms with Crippen molar-refractivity contribution in [3.63, 3.8) is 0 Å². The third-order valence-electron chi connectivity index (χ3n) is 4.61. The Kier molecular flexibility index (Phi) is 5.85. The first-order valence-corrected chi connectivity index (χ1v) is 7.56. The largest absolute Gasteiger partial charge is 0.489 e. The van der Waals surface area contributed by atoms with Crippen molar-refractivity contribution >= 4 is 12.4 Å². The number of likely N-dealkylation sites (N-methyl/N-ethyl adjacent to an activating group) is 1. The number of halogens is 2. The summed E-state index contributed by atoms with van der Waals surface area (Å²) in [6, 6.07) is 8.63. The lowest BCUT2D eigenvalue weighted by Crippen LogP contribution is -2.47. The molecule has 0 amide bonds. The molecule has 2 aliphatic heterocycles. The molecule has 3 rings (SSSR count). The van der Waals surface area contributed by atoms with E-state index in [0.717, 1.165) is 6.54 Å². The van der Waals surface area contributed by atoms with Crippen molar-refractivity contribution in [2.45, 2.75) is 43.8 Å². The maximum atomic E-state index is 13.4. The summed E-state index contributed by atoms with van der Waals surface area (Å²) in [6.45, 7) is 1.38. The van der Waals surface area contributed by atoms with Gasteiger partial charge in [-0.3, -0.25) is 4.90 Å². The molecule has 21 heavy (non-hydrogen) atoms. The summed E-state index contributed by atoms with van der Waals surface area (Å²) in [4.78, 5) is 2.37. The minimum absolute atomic E-state index is 0. The van der Waals surface area contributed by atoms with Crippen molar-refractivity contribution in [2.24, 2.45) is 0 Å². The van der Waals surface area contributed by atoms with E-state index in [1.807, 2.05) is 0 Å². The smallest absolute Gasteiger partial charge is 0.165 e. The Morgan fingerprint density at radius 1 is 1.24 bits per heavy atom. The molecular weight excluding hydrogens is 291 g/mol. The third kappa shape index (κ3) is 4.09. The Bertz CT molecular complexity index is 448. The quantitative estimate of drug-likeness (QED) is 0.904. The number of para-hydroxylation sites is 1. The van der Waals surface area contributed by atoms with Gasteiger partial charge in [-0.15, -0.1) is 12.4 Å². The van der Waals surface area contributed by atoms with Crippen molar-refractivity contribution in [3.8, 4) is 5.75 Å².